The van der Waals surface area contributed by atoms with E-state index >= 15 is 0 Å². The van der Waals surface area contributed by atoms with Crippen molar-refractivity contribution in [2.24, 2.45) is 7.05 Å². The van der Waals surface area contributed by atoms with Crippen molar-refractivity contribution in [2.75, 3.05) is 0 Å². The van der Waals surface area contributed by atoms with Gasteiger partial charge in [0.2, 0.25) is 0 Å². The molecule has 94 valence electrons. The van der Waals surface area contributed by atoms with Gasteiger partial charge in [0.15, 0.2) is 0 Å². The SMILES string of the molecule is Cn1c(=O)c2ccc(Br)cc2n(CC(=O)O)c1=O. The molecule has 0 unspecified atom stereocenters. The highest BCUT2D eigenvalue weighted by molar-refractivity contribution is 9.10. The van der Waals surface area contributed by atoms with E-state index in [0.717, 1.165) is 9.13 Å². The molecule has 0 aliphatic rings. The maximum absolute atomic E-state index is 11.9. The Hall–Kier alpha value is -1.89. The first-order valence-corrected chi connectivity index (χ1v) is 5.82. The summed E-state index contributed by atoms with van der Waals surface area (Å²) in [5.41, 5.74) is -0.781. The number of carboxylic acids is 1. The van der Waals surface area contributed by atoms with Crippen LogP contribution < -0.4 is 11.2 Å². The number of rotatable bonds is 2. The predicted molar refractivity (Wildman–Crippen MR) is 68.8 cm³/mol. The van der Waals surface area contributed by atoms with Crippen LogP contribution in [0.15, 0.2) is 32.3 Å². The number of nitrogens with zero attached hydrogens (tertiary/aromatic N) is 2. The fourth-order valence-corrected chi connectivity index (χ4v) is 2.10. The monoisotopic (exact) mass is 312 g/mol. The van der Waals surface area contributed by atoms with Crippen molar-refractivity contribution < 1.29 is 9.90 Å². The second-order valence-corrected chi connectivity index (χ2v) is 4.70. The molecule has 0 amide bonds. The van der Waals surface area contributed by atoms with E-state index in [9.17, 15) is 14.4 Å². The minimum absolute atomic E-state index is 0.305. The lowest BCUT2D eigenvalue weighted by Gasteiger charge is -2.10. The fraction of sp³-hybridized carbons (Fsp3) is 0.182. The summed E-state index contributed by atoms with van der Waals surface area (Å²) in [6, 6.07) is 4.78. The van der Waals surface area contributed by atoms with E-state index < -0.39 is 23.8 Å². The van der Waals surface area contributed by atoms with E-state index in [0.29, 0.717) is 15.4 Å². The Labute approximate surface area is 109 Å². The Balaban J connectivity index is 2.98. The van der Waals surface area contributed by atoms with Crippen LogP contribution in [0.4, 0.5) is 0 Å². The minimum Gasteiger partial charge on any atom is -0.480 e. The van der Waals surface area contributed by atoms with Gasteiger partial charge in [-0.25, -0.2) is 4.79 Å². The molecule has 18 heavy (non-hydrogen) atoms. The smallest absolute Gasteiger partial charge is 0.331 e. The number of aromatic nitrogens is 2. The van der Waals surface area contributed by atoms with E-state index in [4.69, 9.17) is 5.11 Å². The largest absolute Gasteiger partial charge is 0.480 e. The zero-order valence-corrected chi connectivity index (χ0v) is 11.0. The lowest BCUT2D eigenvalue weighted by atomic mass is 10.2. The first kappa shape index (κ1) is 12.6. The molecule has 0 aliphatic heterocycles. The molecule has 0 saturated heterocycles. The van der Waals surface area contributed by atoms with E-state index in [2.05, 4.69) is 15.9 Å². The average molecular weight is 313 g/mol. The number of fused-ring (bicyclic) bond motifs is 1. The number of carbonyl (C=O) groups is 1. The van der Waals surface area contributed by atoms with Crippen molar-refractivity contribution in [2.45, 2.75) is 6.54 Å². The van der Waals surface area contributed by atoms with Crippen molar-refractivity contribution in [3.05, 3.63) is 43.5 Å². The Morgan fingerprint density at radius 3 is 2.67 bits per heavy atom. The van der Waals surface area contributed by atoms with Gasteiger partial charge >= 0.3 is 11.7 Å². The van der Waals surface area contributed by atoms with Crippen LogP contribution in [0.25, 0.3) is 10.9 Å². The van der Waals surface area contributed by atoms with E-state index in [1.54, 1.807) is 18.2 Å². The fourth-order valence-electron chi connectivity index (χ4n) is 1.75. The summed E-state index contributed by atoms with van der Waals surface area (Å²) in [6.45, 7) is -0.486. The minimum atomic E-state index is -1.14. The molecular formula is C11H9BrN2O4. The summed E-state index contributed by atoms with van der Waals surface area (Å²) < 4.78 is 2.63. The van der Waals surface area contributed by atoms with Gasteiger partial charge in [-0.1, -0.05) is 15.9 Å². The van der Waals surface area contributed by atoms with E-state index in [1.807, 2.05) is 0 Å². The molecule has 1 heterocycles. The highest BCUT2D eigenvalue weighted by atomic mass is 79.9. The van der Waals surface area contributed by atoms with Crippen molar-refractivity contribution in [1.82, 2.24) is 9.13 Å². The third-order valence-electron chi connectivity index (χ3n) is 2.60. The quantitative estimate of drug-likeness (QED) is 0.878. The standard InChI is InChI=1S/C11H9BrN2O4/c1-13-10(17)7-3-2-6(12)4-8(7)14(11(13)18)5-9(15)16/h2-4H,5H2,1H3,(H,15,16). The van der Waals surface area contributed by atoms with Crippen LogP contribution in [0, 0.1) is 0 Å². The third-order valence-corrected chi connectivity index (χ3v) is 3.09. The molecule has 1 aromatic carbocycles. The first-order valence-electron chi connectivity index (χ1n) is 5.02. The topological polar surface area (TPSA) is 81.3 Å². The molecular weight excluding hydrogens is 304 g/mol. The summed E-state index contributed by atoms with van der Waals surface area (Å²) in [5, 5.41) is 9.13. The highest BCUT2D eigenvalue weighted by Crippen LogP contribution is 2.16. The van der Waals surface area contributed by atoms with Crippen LogP contribution in [0.3, 0.4) is 0 Å². The lowest BCUT2D eigenvalue weighted by Crippen LogP contribution is -2.39. The molecule has 0 fully saturated rings. The molecule has 1 N–H and O–H groups in total. The maximum atomic E-state index is 11.9. The Morgan fingerprint density at radius 1 is 1.39 bits per heavy atom. The predicted octanol–water partition coefficient (Wildman–Crippen LogP) is 0.547. The number of hydrogen-bond donors (Lipinski definition) is 1. The molecule has 0 spiro atoms. The molecule has 0 aliphatic carbocycles. The Morgan fingerprint density at radius 2 is 2.06 bits per heavy atom. The third kappa shape index (κ3) is 1.97. The molecule has 0 bridgehead atoms. The van der Waals surface area contributed by atoms with Crippen molar-refractivity contribution >= 4 is 32.8 Å². The molecule has 2 rings (SSSR count). The zero-order chi connectivity index (χ0) is 13.4. The molecule has 0 saturated carbocycles. The van der Waals surface area contributed by atoms with Crippen LogP contribution in [0.2, 0.25) is 0 Å². The van der Waals surface area contributed by atoms with Gasteiger partial charge in [0.05, 0.1) is 10.9 Å². The normalized spacial score (nSPS) is 10.8. The van der Waals surface area contributed by atoms with Crippen molar-refractivity contribution in [3.63, 3.8) is 0 Å². The van der Waals surface area contributed by atoms with Gasteiger partial charge in [-0.2, -0.15) is 0 Å². The molecule has 1 aromatic heterocycles. The number of carboxylic acid groups (broad SMARTS) is 1. The lowest BCUT2D eigenvalue weighted by molar-refractivity contribution is -0.137. The summed E-state index contributed by atoms with van der Waals surface area (Å²) in [6.07, 6.45) is 0. The molecule has 0 atom stereocenters. The molecule has 2 aromatic rings. The molecule has 7 heteroatoms. The Kier molecular flexibility index (Phi) is 3.08. The van der Waals surface area contributed by atoms with Gasteiger partial charge in [0.1, 0.15) is 6.54 Å². The van der Waals surface area contributed by atoms with Gasteiger partial charge < -0.3 is 5.11 Å². The summed E-state index contributed by atoms with van der Waals surface area (Å²) >= 11 is 3.23. The highest BCUT2D eigenvalue weighted by Gasteiger charge is 2.13. The van der Waals surface area contributed by atoms with Gasteiger partial charge in [0, 0.05) is 11.5 Å². The van der Waals surface area contributed by atoms with Crippen LogP contribution in [0.5, 0.6) is 0 Å². The van der Waals surface area contributed by atoms with Crippen molar-refractivity contribution in [3.8, 4) is 0 Å². The summed E-state index contributed by atoms with van der Waals surface area (Å²) in [5.74, 6) is -1.14. The second kappa shape index (κ2) is 4.41. The van der Waals surface area contributed by atoms with Gasteiger partial charge in [-0.15, -0.1) is 0 Å². The number of hydrogen-bond acceptors (Lipinski definition) is 3. The summed E-state index contributed by atoms with van der Waals surface area (Å²) in [7, 11) is 1.32. The van der Waals surface area contributed by atoms with Gasteiger partial charge in [-0.05, 0) is 18.2 Å². The van der Waals surface area contributed by atoms with Gasteiger partial charge in [-0.3, -0.25) is 18.7 Å². The molecule has 0 radical (unpaired) electrons. The van der Waals surface area contributed by atoms with Crippen LogP contribution in [0.1, 0.15) is 0 Å². The number of benzene rings is 1. The van der Waals surface area contributed by atoms with Crippen LogP contribution in [-0.2, 0) is 18.4 Å². The second-order valence-electron chi connectivity index (χ2n) is 3.79. The summed E-state index contributed by atoms with van der Waals surface area (Å²) in [4.78, 5) is 34.6. The van der Waals surface area contributed by atoms with Crippen molar-refractivity contribution in [1.29, 1.82) is 0 Å². The van der Waals surface area contributed by atoms with Gasteiger partial charge in [0.25, 0.3) is 5.56 Å². The van der Waals surface area contributed by atoms with E-state index in [1.165, 1.54) is 7.05 Å². The average Bonchev–Trinajstić information content (AvgIpc) is 2.31. The van der Waals surface area contributed by atoms with Crippen LogP contribution in [-0.4, -0.2) is 20.2 Å². The maximum Gasteiger partial charge on any atom is 0.331 e. The Bertz CT molecular complexity index is 760. The zero-order valence-electron chi connectivity index (χ0n) is 9.38. The number of halogens is 1. The number of aliphatic carboxylic acids is 1. The first-order chi connectivity index (χ1) is 8.41. The van der Waals surface area contributed by atoms with Crippen LogP contribution >= 0.6 is 15.9 Å². The molecule has 6 nitrogen and oxygen atoms in total. The van der Waals surface area contributed by atoms with E-state index in [-0.39, 0.29) is 0 Å².